The van der Waals surface area contributed by atoms with E-state index in [0.29, 0.717) is 17.2 Å². The third-order valence-electron chi connectivity index (χ3n) is 3.41. The van der Waals surface area contributed by atoms with Crippen molar-refractivity contribution in [3.8, 4) is 23.7 Å². The number of aromatic nitrogens is 3. The number of fused-ring (bicyclic) bond motifs is 1. The maximum Gasteiger partial charge on any atom is 0.159 e. The molecule has 0 fully saturated rings. The number of nitrogens with zero attached hydrogens (tertiary/aromatic N) is 3. The Bertz CT molecular complexity index is 862. The van der Waals surface area contributed by atoms with Crippen LogP contribution in [-0.4, -0.2) is 15.0 Å². The first-order chi connectivity index (χ1) is 10.2. The Hall–Kier alpha value is -2.93. The second-order valence-electron chi connectivity index (χ2n) is 4.70. The van der Waals surface area contributed by atoms with Gasteiger partial charge in [0.1, 0.15) is 11.3 Å². The average Bonchev–Trinajstić information content (AvgIpc) is 2.55. The van der Waals surface area contributed by atoms with Crippen LogP contribution in [0.1, 0.15) is 18.1 Å². The van der Waals surface area contributed by atoms with Gasteiger partial charge in [-0.05, 0) is 24.1 Å². The first kappa shape index (κ1) is 13.1. The van der Waals surface area contributed by atoms with E-state index >= 15 is 0 Å². The molecule has 3 rings (SSSR count). The second kappa shape index (κ2) is 5.22. The number of pyridine rings is 1. The zero-order valence-corrected chi connectivity index (χ0v) is 11.7. The average molecular weight is 274 g/mol. The van der Waals surface area contributed by atoms with Crippen molar-refractivity contribution in [1.29, 1.82) is 0 Å². The highest BCUT2D eigenvalue weighted by molar-refractivity contribution is 5.90. The molecule has 2 aromatic heterocycles. The molecule has 0 aliphatic heterocycles. The maximum absolute atomic E-state index is 5.95. The van der Waals surface area contributed by atoms with Gasteiger partial charge in [0, 0.05) is 28.9 Å². The number of hydrogen-bond donors (Lipinski definition) is 1. The van der Waals surface area contributed by atoms with Crippen molar-refractivity contribution >= 4 is 16.7 Å². The van der Waals surface area contributed by atoms with E-state index in [9.17, 15) is 0 Å². The normalized spacial score (nSPS) is 10.5. The molecular weight excluding hydrogens is 260 g/mol. The standard InChI is InChI=1S/C17H14N4/c1-3-11-6-5-7-13(8-11)17-20-10-14-12(4-2)9-19-16(18)15(14)21-17/h1,5-10H,4H2,2H3,(H2,18,19). The quantitative estimate of drug-likeness (QED) is 0.730. The summed E-state index contributed by atoms with van der Waals surface area (Å²) in [5, 5.41) is 0.946. The van der Waals surface area contributed by atoms with E-state index in [2.05, 4.69) is 27.8 Å². The van der Waals surface area contributed by atoms with Gasteiger partial charge in [-0.15, -0.1) is 6.42 Å². The van der Waals surface area contributed by atoms with Gasteiger partial charge in [0.2, 0.25) is 0 Å². The number of nitrogens with two attached hydrogens (primary N) is 1. The van der Waals surface area contributed by atoms with Gasteiger partial charge in [0.05, 0.1) is 0 Å². The van der Waals surface area contributed by atoms with Crippen LogP contribution in [0, 0.1) is 12.3 Å². The molecular formula is C17H14N4. The molecule has 1 aromatic carbocycles. The molecule has 0 saturated carbocycles. The Morgan fingerprint density at radius 2 is 2.10 bits per heavy atom. The van der Waals surface area contributed by atoms with Crippen LogP contribution in [0.4, 0.5) is 5.82 Å². The Morgan fingerprint density at radius 3 is 2.86 bits per heavy atom. The first-order valence-corrected chi connectivity index (χ1v) is 6.70. The summed E-state index contributed by atoms with van der Waals surface area (Å²) in [5.41, 5.74) is 9.39. The molecule has 0 unspecified atom stereocenters. The molecule has 21 heavy (non-hydrogen) atoms. The second-order valence-corrected chi connectivity index (χ2v) is 4.70. The predicted octanol–water partition coefficient (Wildman–Crippen LogP) is 2.82. The largest absolute Gasteiger partial charge is 0.382 e. The van der Waals surface area contributed by atoms with Crippen LogP contribution in [0.5, 0.6) is 0 Å². The first-order valence-electron chi connectivity index (χ1n) is 6.70. The van der Waals surface area contributed by atoms with Gasteiger partial charge in [-0.3, -0.25) is 0 Å². The number of hydrogen-bond acceptors (Lipinski definition) is 4. The molecule has 0 aliphatic carbocycles. The third-order valence-corrected chi connectivity index (χ3v) is 3.41. The van der Waals surface area contributed by atoms with E-state index in [0.717, 1.165) is 28.5 Å². The monoisotopic (exact) mass is 274 g/mol. The van der Waals surface area contributed by atoms with E-state index in [1.807, 2.05) is 24.3 Å². The van der Waals surface area contributed by atoms with E-state index in [1.54, 1.807) is 12.4 Å². The summed E-state index contributed by atoms with van der Waals surface area (Å²) >= 11 is 0. The van der Waals surface area contributed by atoms with Crippen molar-refractivity contribution in [1.82, 2.24) is 15.0 Å². The fourth-order valence-electron chi connectivity index (χ4n) is 2.26. The Labute approximate surface area is 123 Å². The Balaban J connectivity index is 2.21. The minimum Gasteiger partial charge on any atom is -0.382 e. The van der Waals surface area contributed by atoms with Crippen LogP contribution in [0.2, 0.25) is 0 Å². The molecule has 0 saturated heterocycles. The summed E-state index contributed by atoms with van der Waals surface area (Å²) in [6, 6.07) is 7.57. The highest BCUT2D eigenvalue weighted by Gasteiger charge is 2.09. The summed E-state index contributed by atoms with van der Waals surface area (Å²) in [7, 11) is 0. The van der Waals surface area contributed by atoms with Crippen LogP contribution >= 0.6 is 0 Å². The number of aryl methyl sites for hydroxylation is 1. The summed E-state index contributed by atoms with van der Waals surface area (Å²) in [4.78, 5) is 13.2. The van der Waals surface area contributed by atoms with Gasteiger partial charge in [0.15, 0.2) is 5.82 Å². The molecule has 4 heteroatoms. The molecule has 4 nitrogen and oxygen atoms in total. The number of rotatable bonds is 2. The predicted molar refractivity (Wildman–Crippen MR) is 84.5 cm³/mol. The molecule has 3 aromatic rings. The van der Waals surface area contributed by atoms with Crippen molar-refractivity contribution in [3.63, 3.8) is 0 Å². The van der Waals surface area contributed by atoms with Crippen molar-refractivity contribution in [3.05, 3.63) is 47.8 Å². The zero-order valence-electron chi connectivity index (χ0n) is 11.7. The Morgan fingerprint density at radius 1 is 1.24 bits per heavy atom. The lowest BCUT2D eigenvalue weighted by Crippen LogP contribution is -1.99. The lowest BCUT2D eigenvalue weighted by Gasteiger charge is -2.07. The third kappa shape index (κ3) is 2.30. The number of nitrogen functional groups attached to an aromatic ring is 1. The topological polar surface area (TPSA) is 64.7 Å². The van der Waals surface area contributed by atoms with Crippen LogP contribution in [-0.2, 0) is 6.42 Å². The lowest BCUT2D eigenvalue weighted by atomic mass is 10.1. The number of terminal acetylenes is 1. The molecule has 0 amide bonds. The molecule has 0 spiro atoms. The van der Waals surface area contributed by atoms with E-state index < -0.39 is 0 Å². The van der Waals surface area contributed by atoms with E-state index in [1.165, 1.54) is 0 Å². The minimum absolute atomic E-state index is 0.416. The van der Waals surface area contributed by atoms with E-state index in [-0.39, 0.29) is 0 Å². The Kier molecular flexibility index (Phi) is 3.25. The lowest BCUT2D eigenvalue weighted by molar-refractivity contribution is 1.11. The van der Waals surface area contributed by atoms with Gasteiger partial charge in [-0.2, -0.15) is 0 Å². The maximum atomic E-state index is 5.95. The van der Waals surface area contributed by atoms with Crippen molar-refractivity contribution < 1.29 is 0 Å². The fraction of sp³-hybridized carbons (Fsp3) is 0.118. The number of benzene rings is 1. The van der Waals surface area contributed by atoms with Gasteiger partial charge < -0.3 is 5.73 Å². The molecule has 0 aliphatic rings. The summed E-state index contributed by atoms with van der Waals surface area (Å²) < 4.78 is 0. The van der Waals surface area contributed by atoms with Crippen LogP contribution < -0.4 is 5.73 Å². The molecule has 102 valence electrons. The highest BCUT2D eigenvalue weighted by atomic mass is 14.9. The molecule has 2 N–H and O–H groups in total. The summed E-state index contributed by atoms with van der Waals surface area (Å²) in [5.74, 6) is 3.63. The van der Waals surface area contributed by atoms with Crippen molar-refractivity contribution in [2.45, 2.75) is 13.3 Å². The van der Waals surface area contributed by atoms with Gasteiger partial charge >= 0.3 is 0 Å². The zero-order chi connectivity index (χ0) is 14.8. The number of anilines is 1. The van der Waals surface area contributed by atoms with Gasteiger partial charge in [0.25, 0.3) is 0 Å². The molecule has 0 radical (unpaired) electrons. The minimum atomic E-state index is 0.416. The molecule has 2 heterocycles. The molecule has 0 atom stereocenters. The van der Waals surface area contributed by atoms with Crippen LogP contribution in [0.25, 0.3) is 22.3 Å². The molecule has 0 bridgehead atoms. The van der Waals surface area contributed by atoms with Gasteiger partial charge in [-0.25, -0.2) is 15.0 Å². The van der Waals surface area contributed by atoms with Crippen LogP contribution in [0.15, 0.2) is 36.7 Å². The SMILES string of the molecule is C#Cc1cccc(-c2ncc3c(CC)cnc(N)c3n2)c1. The summed E-state index contributed by atoms with van der Waals surface area (Å²) in [6.07, 6.45) is 9.87. The van der Waals surface area contributed by atoms with Crippen molar-refractivity contribution in [2.75, 3.05) is 5.73 Å². The summed E-state index contributed by atoms with van der Waals surface area (Å²) in [6.45, 7) is 2.07. The fourth-order valence-corrected chi connectivity index (χ4v) is 2.26. The van der Waals surface area contributed by atoms with E-state index in [4.69, 9.17) is 12.2 Å². The highest BCUT2D eigenvalue weighted by Crippen LogP contribution is 2.24. The van der Waals surface area contributed by atoms with Gasteiger partial charge in [-0.1, -0.05) is 25.0 Å². The van der Waals surface area contributed by atoms with Crippen LogP contribution in [0.3, 0.4) is 0 Å². The smallest absolute Gasteiger partial charge is 0.159 e. The van der Waals surface area contributed by atoms with Crippen molar-refractivity contribution in [2.24, 2.45) is 0 Å².